The summed E-state index contributed by atoms with van der Waals surface area (Å²) in [6.07, 6.45) is 5.47. The Bertz CT molecular complexity index is 1070. The molecule has 8 heteroatoms. The summed E-state index contributed by atoms with van der Waals surface area (Å²) >= 11 is 0. The molecule has 2 aromatic heterocycles. The van der Waals surface area contributed by atoms with Crippen molar-refractivity contribution in [1.82, 2.24) is 19.1 Å². The molecule has 0 aliphatic carbocycles. The van der Waals surface area contributed by atoms with Crippen LogP contribution in [0.1, 0.15) is 11.1 Å². The van der Waals surface area contributed by atoms with Crippen molar-refractivity contribution in [3.8, 4) is 5.82 Å². The SMILES string of the molecule is Cc1ccc(/C=C/S(=O)(=O)N2CCN(c3ccc(-n4cccc4)nn3)CC2)cc1. The molecule has 0 saturated carbocycles. The fourth-order valence-electron chi connectivity index (χ4n) is 3.21. The van der Waals surface area contributed by atoms with Crippen LogP contribution in [-0.4, -0.2) is 53.7 Å². The van der Waals surface area contributed by atoms with E-state index in [0.29, 0.717) is 26.2 Å². The summed E-state index contributed by atoms with van der Waals surface area (Å²) in [5.74, 6) is 1.51. The van der Waals surface area contributed by atoms with Gasteiger partial charge in [0.15, 0.2) is 11.6 Å². The van der Waals surface area contributed by atoms with Gasteiger partial charge in [0, 0.05) is 44.0 Å². The molecule has 29 heavy (non-hydrogen) atoms. The molecule has 0 atom stereocenters. The van der Waals surface area contributed by atoms with E-state index in [1.807, 2.05) is 72.4 Å². The highest BCUT2D eigenvalue weighted by Gasteiger charge is 2.25. The van der Waals surface area contributed by atoms with Crippen LogP contribution in [0.15, 0.2) is 66.3 Å². The molecule has 7 nitrogen and oxygen atoms in total. The fourth-order valence-corrected chi connectivity index (χ4v) is 4.39. The van der Waals surface area contributed by atoms with Gasteiger partial charge in [-0.25, -0.2) is 8.42 Å². The van der Waals surface area contributed by atoms with Gasteiger partial charge in [0.1, 0.15) is 0 Å². The van der Waals surface area contributed by atoms with E-state index in [1.165, 1.54) is 9.71 Å². The summed E-state index contributed by atoms with van der Waals surface area (Å²) in [5.41, 5.74) is 2.02. The van der Waals surface area contributed by atoms with Gasteiger partial charge in [-0.1, -0.05) is 29.8 Å². The smallest absolute Gasteiger partial charge is 0.236 e. The molecule has 0 amide bonds. The van der Waals surface area contributed by atoms with Gasteiger partial charge in [0.05, 0.1) is 0 Å². The maximum Gasteiger partial charge on any atom is 0.236 e. The molecule has 0 spiro atoms. The lowest BCUT2D eigenvalue weighted by Gasteiger charge is -2.33. The first-order valence-corrected chi connectivity index (χ1v) is 11.0. The third-order valence-electron chi connectivity index (χ3n) is 4.94. The Hall–Kier alpha value is -2.97. The molecule has 1 aromatic carbocycles. The molecule has 4 rings (SSSR count). The number of hydrogen-bond donors (Lipinski definition) is 0. The van der Waals surface area contributed by atoms with Crippen LogP contribution in [0.3, 0.4) is 0 Å². The number of aromatic nitrogens is 3. The summed E-state index contributed by atoms with van der Waals surface area (Å²) in [6, 6.07) is 15.5. The van der Waals surface area contributed by atoms with Gasteiger partial charge in [-0.2, -0.15) is 4.31 Å². The summed E-state index contributed by atoms with van der Waals surface area (Å²) in [5, 5.41) is 9.85. The molecule has 1 aliphatic heterocycles. The predicted molar refractivity (Wildman–Crippen MR) is 114 cm³/mol. The van der Waals surface area contributed by atoms with Gasteiger partial charge >= 0.3 is 0 Å². The molecule has 3 heterocycles. The third-order valence-corrected chi connectivity index (χ3v) is 6.50. The van der Waals surface area contributed by atoms with E-state index in [1.54, 1.807) is 6.08 Å². The quantitative estimate of drug-likeness (QED) is 0.648. The summed E-state index contributed by atoms with van der Waals surface area (Å²) in [7, 11) is -3.45. The Morgan fingerprint density at radius 1 is 0.862 bits per heavy atom. The Kier molecular flexibility index (Phi) is 5.46. The summed E-state index contributed by atoms with van der Waals surface area (Å²) < 4.78 is 28.7. The highest BCUT2D eigenvalue weighted by atomic mass is 32.2. The van der Waals surface area contributed by atoms with Gasteiger partial charge < -0.3 is 9.47 Å². The lowest BCUT2D eigenvalue weighted by atomic mass is 10.2. The van der Waals surface area contributed by atoms with Crippen molar-refractivity contribution in [2.45, 2.75) is 6.92 Å². The zero-order chi connectivity index (χ0) is 20.3. The van der Waals surface area contributed by atoms with Crippen molar-refractivity contribution >= 4 is 21.9 Å². The predicted octanol–water partition coefficient (Wildman–Crippen LogP) is 2.70. The number of benzene rings is 1. The highest BCUT2D eigenvalue weighted by Crippen LogP contribution is 2.17. The van der Waals surface area contributed by atoms with Crippen LogP contribution in [0.2, 0.25) is 0 Å². The molecule has 150 valence electrons. The first-order valence-electron chi connectivity index (χ1n) is 9.48. The van der Waals surface area contributed by atoms with Crippen LogP contribution in [0.4, 0.5) is 5.82 Å². The number of piperazine rings is 1. The van der Waals surface area contributed by atoms with Crippen LogP contribution in [0.25, 0.3) is 11.9 Å². The van der Waals surface area contributed by atoms with Gasteiger partial charge in [0.2, 0.25) is 10.0 Å². The number of anilines is 1. The van der Waals surface area contributed by atoms with Gasteiger partial charge in [-0.05, 0) is 42.8 Å². The van der Waals surface area contributed by atoms with Gasteiger partial charge in [-0.3, -0.25) is 0 Å². The minimum Gasteiger partial charge on any atom is -0.352 e. The maximum atomic E-state index is 12.6. The van der Waals surface area contributed by atoms with Crippen molar-refractivity contribution in [1.29, 1.82) is 0 Å². The van der Waals surface area contributed by atoms with Crippen LogP contribution >= 0.6 is 0 Å². The molecule has 0 N–H and O–H groups in total. The van der Waals surface area contributed by atoms with E-state index in [-0.39, 0.29) is 0 Å². The topological polar surface area (TPSA) is 71.3 Å². The van der Waals surface area contributed by atoms with Crippen LogP contribution in [0, 0.1) is 6.92 Å². The molecule has 3 aromatic rings. The Morgan fingerprint density at radius 2 is 1.48 bits per heavy atom. The van der Waals surface area contributed by atoms with Crippen molar-refractivity contribution in [3.05, 3.63) is 77.5 Å². The lowest BCUT2D eigenvalue weighted by Crippen LogP contribution is -2.48. The molecule has 0 radical (unpaired) electrons. The average molecular weight is 410 g/mol. The Labute approximate surface area is 171 Å². The maximum absolute atomic E-state index is 12.6. The third kappa shape index (κ3) is 4.55. The average Bonchev–Trinajstić information content (AvgIpc) is 3.29. The van der Waals surface area contributed by atoms with Crippen LogP contribution in [0.5, 0.6) is 0 Å². The zero-order valence-corrected chi connectivity index (χ0v) is 17.0. The second-order valence-corrected chi connectivity index (χ2v) is 8.80. The van der Waals surface area contributed by atoms with E-state index >= 15 is 0 Å². The van der Waals surface area contributed by atoms with Crippen molar-refractivity contribution in [3.63, 3.8) is 0 Å². The van der Waals surface area contributed by atoms with E-state index in [4.69, 9.17) is 0 Å². The highest BCUT2D eigenvalue weighted by molar-refractivity contribution is 7.92. The van der Waals surface area contributed by atoms with Gasteiger partial charge in [0.25, 0.3) is 0 Å². The van der Waals surface area contributed by atoms with Crippen molar-refractivity contribution in [2.24, 2.45) is 0 Å². The second kappa shape index (κ2) is 8.18. The van der Waals surface area contributed by atoms with E-state index < -0.39 is 10.0 Å². The minimum atomic E-state index is -3.45. The number of hydrogen-bond acceptors (Lipinski definition) is 5. The first kappa shape index (κ1) is 19.4. The number of aryl methyl sites for hydroxylation is 1. The molecule has 1 saturated heterocycles. The largest absolute Gasteiger partial charge is 0.352 e. The number of rotatable bonds is 5. The summed E-state index contributed by atoms with van der Waals surface area (Å²) in [6.45, 7) is 4.00. The van der Waals surface area contributed by atoms with Crippen LogP contribution < -0.4 is 4.90 Å². The molecular formula is C21H23N5O2S. The molecular weight excluding hydrogens is 386 g/mol. The van der Waals surface area contributed by atoms with Gasteiger partial charge in [-0.15, -0.1) is 10.2 Å². The van der Waals surface area contributed by atoms with Crippen molar-refractivity contribution in [2.75, 3.05) is 31.1 Å². The lowest BCUT2D eigenvalue weighted by molar-refractivity contribution is 0.388. The summed E-state index contributed by atoms with van der Waals surface area (Å²) in [4.78, 5) is 2.06. The Balaban J connectivity index is 1.37. The van der Waals surface area contributed by atoms with E-state index in [0.717, 1.165) is 22.8 Å². The molecule has 0 bridgehead atoms. The Morgan fingerprint density at radius 3 is 2.10 bits per heavy atom. The van der Waals surface area contributed by atoms with E-state index in [9.17, 15) is 8.42 Å². The first-order chi connectivity index (χ1) is 14.0. The second-order valence-electron chi connectivity index (χ2n) is 6.98. The molecule has 1 fully saturated rings. The number of nitrogens with zero attached hydrogens (tertiary/aromatic N) is 5. The molecule has 0 unspecified atom stereocenters. The van der Waals surface area contributed by atoms with E-state index in [2.05, 4.69) is 15.1 Å². The zero-order valence-electron chi connectivity index (χ0n) is 16.2. The fraction of sp³-hybridized carbons (Fsp3) is 0.238. The number of sulfonamides is 1. The monoisotopic (exact) mass is 409 g/mol. The van der Waals surface area contributed by atoms with Crippen LogP contribution in [-0.2, 0) is 10.0 Å². The normalized spacial score (nSPS) is 15.8. The standard InChI is InChI=1S/C21H23N5O2S/c1-18-4-6-19(7-5-18)10-17-29(27,28)26-15-13-25(14-16-26)21-9-8-20(22-23-21)24-11-2-3-12-24/h2-12,17H,13-16H2,1H3/b17-10+. The molecule has 1 aliphatic rings. The minimum absolute atomic E-state index is 0.418. The van der Waals surface area contributed by atoms with Crippen molar-refractivity contribution < 1.29 is 8.42 Å².